The lowest BCUT2D eigenvalue weighted by atomic mass is 9.48. The van der Waals surface area contributed by atoms with Gasteiger partial charge in [-0.3, -0.25) is 0 Å². The Morgan fingerprint density at radius 3 is 2.50 bits per heavy atom. The van der Waals surface area contributed by atoms with Gasteiger partial charge in [0.15, 0.2) is 0 Å². The van der Waals surface area contributed by atoms with Gasteiger partial charge >= 0.3 is 0 Å². The summed E-state index contributed by atoms with van der Waals surface area (Å²) in [5.74, 6) is 4.62. The van der Waals surface area contributed by atoms with E-state index in [-0.39, 0.29) is 0 Å². The van der Waals surface area contributed by atoms with Crippen LogP contribution in [0.5, 0.6) is 0 Å². The van der Waals surface area contributed by atoms with E-state index < -0.39 is 0 Å². The fourth-order valence-corrected chi connectivity index (χ4v) is 7.01. The van der Waals surface area contributed by atoms with Crippen molar-refractivity contribution >= 4 is 5.71 Å². The summed E-state index contributed by atoms with van der Waals surface area (Å²) in [6.07, 6.45) is 17.4. The molecule has 0 amide bonds. The van der Waals surface area contributed by atoms with Crippen LogP contribution in [0.2, 0.25) is 0 Å². The lowest BCUT2D eigenvalue weighted by Gasteiger charge is -2.56. The minimum absolute atomic E-state index is 0.394. The predicted octanol–water partition coefficient (Wildman–Crippen LogP) is 7.54. The molecule has 4 aliphatic carbocycles. The van der Waals surface area contributed by atoms with E-state index in [1.165, 1.54) is 32.1 Å². The van der Waals surface area contributed by atoms with Crippen LogP contribution in [0, 0.1) is 46.3 Å². The second kappa shape index (κ2) is 8.39. The Kier molecular flexibility index (Phi) is 6.32. The molecule has 0 bridgehead atoms. The molecule has 1 nitrogen and oxygen atoms in total. The monoisotopic (exact) mass is 377 g/mol. The fourth-order valence-electron chi connectivity index (χ4n) is 7.01. The first-order valence-electron chi connectivity index (χ1n) is 11.2. The van der Waals surface area contributed by atoms with Gasteiger partial charge in [0.1, 0.15) is 0 Å². The van der Waals surface area contributed by atoms with Crippen molar-refractivity contribution in [2.75, 3.05) is 0 Å². The summed E-state index contributed by atoms with van der Waals surface area (Å²) >= 11 is 0. The molecule has 7 atom stereocenters. The topological polar surface area (TPSA) is 23.9 Å². The van der Waals surface area contributed by atoms with Crippen LogP contribution in [0.1, 0.15) is 58.8 Å². The highest BCUT2D eigenvalue weighted by molar-refractivity contribution is 5.93. The molecular formula is C27H39N. The number of hydrogen-bond acceptors (Lipinski definition) is 1. The second-order valence-corrected chi connectivity index (χ2v) is 9.73. The second-order valence-electron chi connectivity index (χ2n) is 9.73. The Morgan fingerprint density at radius 1 is 1.18 bits per heavy atom. The van der Waals surface area contributed by atoms with Gasteiger partial charge < -0.3 is 5.41 Å². The third-order valence-corrected chi connectivity index (χ3v) is 8.46. The van der Waals surface area contributed by atoms with Crippen molar-refractivity contribution in [2.45, 2.75) is 58.8 Å². The van der Waals surface area contributed by atoms with Gasteiger partial charge in [-0.2, -0.15) is 0 Å². The number of allylic oxidation sites excluding steroid dienone is 6. The van der Waals surface area contributed by atoms with Gasteiger partial charge in [-0.15, -0.1) is 13.2 Å². The van der Waals surface area contributed by atoms with Crippen LogP contribution >= 0.6 is 0 Å². The molecule has 1 N–H and O–H groups in total. The highest BCUT2D eigenvalue weighted by Crippen LogP contribution is 2.65. The third-order valence-electron chi connectivity index (χ3n) is 8.46. The Balaban J connectivity index is 0.000000403. The maximum atomic E-state index is 8.06. The smallest absolute Gasteiger partial charge is 0.0313 e. The summed E-state index contributed by atoms with van der Waals surface area (Å²) in [6, 6.07) is 0. The Hall–Kier alpha value is -1.63. The van der Waals surface area contributed by atoms with E-state index in [9.17, 15) is 0 Å². The molecule has 0 aromatic heterocycles. The SMILES string of the molecule is C=CC(=C)C.C=CC1CC2=CC(=N)CCC2C2CCC3(C=C)C(C)CCC3C12. The minimum Gasteiger partial charge on any atom is -0.305 e. The highest BCUT2D eigenvalue weighted by atomic mass is 14.6. The lowest BCUT2D eigenvalue weighted by molar-refractivity contribution is -0.0192. The average Bonchev–Trinajstić information content (AvgIpc) is 3.04. The van der Waals surface area contributed by atoms with Crippen molar-refractivity contribution in [1.29, 1.82) is 5.41 Å². The molecule has 7 unspecified atom stereocenters. The Bertz CT molecular complexity index is 695. The van der Waals surface area contributed by atoms with Gasteiger partial charge in [-0.05, 0) is 98.9 Å². The van der Waals surface area contributed by atoms with E-state index in [2.05, 4.69) is 51.5 Å². The molecule has 3 fully saturated rings. The van der Waals surface area contributed by atoms with E-state index in [0.29, 0.717) is 11.3 Å². The zero-order valence-corrected chi connectivity index (χ0v) is 18.1. The number of rotatable bonds is 3. The third kappa shape index (κ3) is 3.53. The van der Waals surface area contributed by atoms with Gasteiger partial charge in [-0.1, -0.05) is 49.5 Å². The molecule has 4 aliphatic rings. The summed E-state index contributed by atoms with van der Waals surface area (Å²) < 4.78 is 0. The van der Waals surface area contributed by atoms with Crippen LogP contribution in [0.3, 0.4) is 0 Å². The predicted molar refractivity (Wildman–Crippen MR) is 123 cm³/mol. The van der Waals surface area contributed by atoms with Crippen molar-refractivity contribution in [2.24, 2.45) is 40.9 Å². The first-order valence-corrected chi connectivity index (χ1v) is 11.2. The van der Waals surface area contributed by atoms with E-state index in [4.69, 9.17) is 5.41 Å². The molecule has 0 aromatic rings. The fraction of sp³-hybridized carbons (Fsp3) is 0.593. The summed E-state index contributed by atoms with van der Waals surface area (Å²) in [7, 11) is 0. The average molecular weight is 378 g/mol. The van der Waals surface area contributed by atoms with Crippen LogP contribution in [-0.2, 0) is 0 Å². The van der Waals surface area contributed by atoms with Gasteiger partial charge in [0, 0.05) is 5.71 Å². The molecule has 0 heterocycles. The highest BCUT2D eigenvalue weighted by Gasteiger charge is 2.57. The van der Waals surface area contributed by atoms with Crippen molar-refractivity contribution in [1.82, 2.24) is 0 Å². The minimum atomic E-state index is 0.394. The normalized spacial score (nSPS) is 41.2. The molecule has 0 aromatic carbocycles. The molecule has 4 rings (SSSR count). The molecule has 1 heteroatoms. The van der Waals surface area contributed by atoms with E-state index >= 15 is 0 Å². The van der Waals surface area contributed by atoms with Crippen molar-refractivity contribution < 1.29 is 0 Å². The summed E-state index contributed by atoms with van der Waals surface area (Å²) in [6.45, 7) is 19.9. The standard InChI is InChI=1S/C22H31N.C5H8/c1-4-15-12-16-13-17(23)7-8-18(16)19-10-11-22(5-2)14(3)6-9-20(22)21(15)19;1-4-5(2)3/h4-5,13-15,18-21,23H,1-2,6-12H2,3H3;4H,1-2H2,3H3. The summed E-state index contributed by atoms with van der Waals surface area (Å²) in [4.78, 5) is 0. The van der Waals surface area contributed by atoms with Crippen LogP contribution in [0.25, 0.3) is 0 Å². The van der Waals surface area contributed by atoms with Crippen molar-refractivity contribution in [3.63, 3.8) is 0 Å². The van der Waals surface area contributed by atoms with Gasteiger partial charge in [-0.25, -0.2) is 0 Å². The summed E-state index contributed by atoms with van der Waals surface area (Å²) in [5, 5.41) is 8.06. The largest absolute Gasteiger partial charge is 0.305 e. The number of hydrogen-bond donors (Lipinski definition) is 1. The number of fused-ring (bicyclic) bond motifs is 5. The zero-order chi connectivity index (χ0) is 20.5. The Morgan fingerprint density at radius 2 is 1.89 bits per heavy atom. The van der Waals surface area contributed by atoms with Crippen molar-refractivity contribution in [3.05, 3.63) is 61.8 Å². The molecule has 0 saturated heterocycles. The number of nitrogens with one attached hydrogen (secondary N) is 1. The molecule has 0 radical (unpaired) electrons. The maximum Gasteiger partial charge on any atom is 0.0313 e. The van der Waals surface area contributed by atoms with Gasteiger partial charge in [0.25, 0.3) is 0 Å². The van der Waals surface area contributed by atoms with Crippen LogP contribution in [0.4, 0.5) is 0 Å². The molecular weight excluding hydrogens is 338 g/mol. The summed E-state index contributed by atoms with van der Waals surface area (Å²) in [5.41, 5.74) is 3.84. The molecule has 3 saturated carbocycles. The first kappa shape index (κ1) is 21.1. The van der Waals surface area contributed by atoms with E-state index in [1.54, 1.807) is 11.6 Å². The molecule has 0 spiro atoms. The molecule has 28 heavy (non-hydrogen) atoms. The first-order chi connectivity index (χ1) is 13.4. The van der Waals surface area contributed by atoms with Gasteiger partial charge in [0.05, 0.1) is 0 Å². The molecule has 0 aliphatic heterocycles. The van der Waals surface area contributed by atoms with Crippen LogP contribution in [-0.4, -0.2) is 5.71 Å². The van der Waals surface area contributed by atoms with E-state index in [0.717, 1.165) is 53.7 Å². The van der Waals surface area contributed by atoms with Crippen LogP contribution in [0.15, 0.2) is 61.8 Å². The van der Waals surface area contributed by atoms with Crippen molar-refractivity contribution in [3.8, 4) is 0 Å². The van der Waals surface area contributed by atoms with Crippen LogP contribution < -0.4 is 0 Å². The van der Waals surface area contributed by atoms with Gasteiger partial charge in [0.2, 0.25) is 0 Å². The van der Waals surface area contributed by atoms with E-state index in [1.807, 2.05) is 6.92 Å². The maximum absolute atomic E-state index is 8.06. The quantitative estimate of drug-likeness (QED) is 0.388. The molecule has 152 valence electrons. The Labute approximate surface area is 172 Å². The zero-order valence-electron chi connectivity index (χ0n) is 18.1. The lowest BCUT2D eigenvalue weighted by Crippen LogP contribution is -2.49.